The Morgan fingerprint density at radius 3 is 2.60 bits per heavy atom. The highest BCUT2D eigenvalue weighted by molar-refractivity contribution is 6.30. The molecule has 0 bridgehead atoms. The maximum atomic E-state index is 12.3. The van der Waals surface area contributed by atoms with E-state index in [2.05, 4.69) is 5.32 Å². The van der Waals surface area contributed by atoms with Crippen LogP contribution in [0.25, 0.3) is 0 Å². The Hall–Kier alpha value is -2.53. The number of aliphatic carboxylic acids is 1. The zero-order chi connectivity index (χ0) is 18.4. The Labute approximate surface area is 151 Å². The van der Waals surface area contributed by atoms with Crippen LogP contribution in [0.15, 0.2) is 42.5 Å². The molecule has 5 nitrogen and oxygen atoms in total. The number of methoxy groups -OCH3 is 1. The topological polar surface area (TPSA) is 75.6 Å². The number of carboxylic acids is 1. The molecule has 1 atom stereocenters. The van der Waals surface area contributed by atoms with Gasteiger partial charge in [0, 0.05) is 17.1 Å². The van der Waals surface area contributed by atoms with Gasteiger partial charge in [-0.05, 0) is 48.7 Å². The van der Waals surface area contributed by atoms with E-state index in [0.717, 1.165) is 11.1 Å². The summed E-state index contributed by atoms with van der Waals surface area (Å²) >= 11 is 5.89. The third-order valence-electron chi connectivity index (χ3n) is 3.95. The first-order valence-electron chi connectivity index (χ1n) is 7.81. The highest BCUT2D eigenvalue weighted by atomic mass is 35.5. The Morgan fingerprint density at radius 2 is 1.96 bits per heavy atom. The zero-order valence-corrected chi connectivity index (χ0v) is 14.8. The van der Waals surface area contributed by atoms with Crippen molar-refractivity contribution in [3.8, 4) is 5.75 Å². The predicted octanol–water partition coefficient (Wildman–Crippen LogP) is 3.33. The summed E-state index contributed by atoms with van der Waals surface area (Å²) in [5, 5.41) is 12.7. The molecule has 0 aliphatic rings. The number of ether oxygens (including phenoxy) is 1. The van der Waals surface area contributed by atoms with Crippen molar-refractivity contribution < 1.29 is 19.4 Å². The standard InChI is InChI=1S/C19H20ClNO4/c1-12-9-15(20)7-8-16(12)18(22)21-11-14(19(23)24)10-13-5-3-4-6-17(13)25-2/h3-9,14H,10-11H2,1-2H3,(H,21,22)(H,23,24). The van der Waals surface area contributed by atoms with Crippen LogP contribution in [0, 0.1) is 12.8 Å². The highest BCUT2D eigenvalue weighted by Crippen LogP contribution is 2.21. The van der Waals surface area contributed by atoms with Crippen molar-refractivity contribution in [2.24, 2.45) is 5.92 Å². The number of hydrogen-bond donors (Lipinski definition) is 2. The molecule has 0 aliphatic carbocycles. The fraction of sp³-hybridized carbons (Fsp3) is 0.263. The molecule has 2 aromatic rings. The Bertz CT molecular complexity index is 776. The van der Waals surface area contributed by atoms with Crippen LogP contribution in [0.2, 0.25) is 5.02 Å². The van der Waals surface area contributed by atoms with E-state index in [-0.39, 0.29) is 18.9 Å². The lowest BCUT2D eigenvalue weighted by atomic mass is 9.98. The van der Waals surface area contributed by atoms with Crippen molar-refractivity contribution in [3.63, 3.8) is 0 Å². The van der Waals surface area contributed by atoms with Gasteiger partial charge >= 0.3 is 5.97 Å². The molecule has 6 heteroatoms. The molecule has 2 rings (SSSR count). The molecular weight excluding hydrogens is 342 g/mol. The number of para-hydroxylation sites is 1. The lowest BCUT2D eigenvalue weighted by Gasteiger charge is -2.16. The van der Waals surface area contributed by atoms with Gasteiger partial charge in [-0.2, -0.15) is 0 Å². The molecule has 1 unspecified atom stereocenters. The average molecular weight is 362 g/mol. The van der Waals surface area contributed by atoms with Crippen molar-refractivity contribution in [3.05, 3.63) is 64.2 Å². The smallest absolute Gasteiger partial charge is 0.308 e. The Kier molecular flexibility index (Phi) is 6.42. The van der Waals surface area contributed by atoms with Gasteiger partial charge in [-0.15, -0.1) is 0 Å². The van der Waals surface area contributed by atoms with Crippen molar-refractivity contribution in [2.45, 2.75) is 13.3 Å². The third-order valence-corrected chi connectivity index (χ3v) is 4.19. The largest absolute Gasteiger partial charge is 0.496 e. The van der Waals surface area contributed by atoms with Crippen LogP contribution in [0.3, 0.4) is 0 Å². The molecule has 1 amide bonds. The molecule has 132 valence electrons. The summed E-state index contributed by atoms with van der Waals surface area (Å²) in [4.78, 5) is 23.9. The van der Waals surface area contributed by atoms with Gasteiger partial charge < -0.3 is 15.2 Å². The summed E-state index contributed by atoms with van der Waals surface area (Å²) in [5.74, 6) is -1.42. The first-order chi connectivity index (χ1) is 11.9. The molecule has 2 aromatic carbocycles. The van der Waals surface area contributed by atoms with Crippen LogP contribution in [0.4, 0.5) is 0 Å². The van der Waals surface area contributed by atoms with Crippen molar-refractivity contribution in [1.82, 2.24) is 5.32 Å². The summed E-state index contributed by atoms with van der Waals surface area (Å²) in [6, 6.07) is 12.2. The summed E-state index contributed by atoms with van der Waals surface area (Å²) in [6.45, 7) is 1.80. The normalized spacial score (nSPS) is 11.6. The second-order valence-corrected chi connectivity index (χ2v) is 6.16. The van der Waals surface area contributed by atoms with E-state index < -0.39 is 11.9 Å². The van der Waals surface area contributed by atoms with Gasteiger partial charge in [-0.3, -0.25) is 9.59 Å². The second kappa shape index (κ2) is 8.53. The van der Waals surface area contributed by atoms with Crippen molar-refractivity contribution in [2.75, 3.05) is 13.7 Å². The zero-order valence-electron chi connectivity index (χ0n) is 14.1. The minimum Gasteiger partial charge on any atom is -0.496 e. The SMILES string of the molecule is COc1ccccc1CC(CNC(=O)c1ccc(Cl)cc1C)C(=O)O. The van der Waals surface area contributed by atoms with Gasteiger partial charge in [0.15, 0.2) is 0 Å². The number of carbonyl (C=O) groups excluding carboxylic acids is 1. The summed E-state index contributed by atoms with van der Waals surface area (Å²) in [7, 11) is 1.54. The van der Waals surface area contributed by atoms with Gasteiger partial charge in [-0.25, -0.2) is 0 Å². The minimum atomic E-state index is -0.973. The number of carbonyl (C=O) groups is 2. The van der Waals surface area contributed by atoms with Gasteiger partial charge in [0.05, 0.1) is 13.0 Å². The van der Waals surface area contributed by atoms with E-state index in [4.69, 9.17) is 16.3 Å². The first-order valence-corrected chi connectivity index (χ1v) is 8.19. The van der Waals surface area contributed by atoms with E-state index in [1.807, 2.05) is 18.2 Å². The quantitative estimate of drug-likeness (QED) is 0.793. The monoisotopic (exact) mass is 361 g/mol. The number of rotatable bonds is 7. The fourth-order valence-electron chi connectivity index (χ4n) is 2.58. The van der Waals surface area contributed by atoms with E-state index in [0.29, 0.717) is 16.3 Å². The van der Waals surface area contributed by atoms with Gasteiger partial charge in [0.2, 0.25) is 0 Å². The van der Waals surface area contributed by atoms with Crippen LogP contribution in [0.5, 0.6) is 5.75 Å². The maximum absolute atomic E-state index is 12.3. The number of hydrogen-bond acceptors (Lipinski definition) is 3. The van der Waals surface area contributed by atoms with E-state index >= 15 is 0 Å². The maximum Gasteiger partial charge on any atom is 0.308 e. The molecule has 25 heavy (non-hydrogen) atoms. The Balaban J connectivity index is 2.07. The molecule has 0 aromatic heterocycles. The fourth-order valence-corrected chi connectivity index (χ4v) is 2.80. The predicted molar refractivity (Wildman–Crippen MR) is 96.3 cm³/mol. The van der Waals surface area contributed by atoms with Crippen LogP contribution in [0.1, 0.15) is 21.5 Å². The molecule has 0 fully saturated rings. The lowest BCUT2D eigenvalue weighted by molar-refractivity contribution is -0.141. The number of amides is 1. The van der Waals surface area contributed by atoms with Crippen LogP contribution < -0.4 is 10.1 Å². The summed E-state index contributed by atoms with van der Waals surface area (Å²) in [6.07, 6.45) is 0.263. The number of benzene rings is 2. The minimum absolute atomic E-state index is 0.0221. The molecule has 0 saturated carbocycles. The van der Waals surface area contributed by atoms with E-state index in [1.165, 1.54) is 0 Å². The van der Waals surface area contributed by atoms with E-state index in [9.17, 15) is 14.7 Å². The third kappa shape index (κ3) is 4.97. The number of aryl methyl sites for hydroxylation is 1. The highest BCUT2D eigenvalue weighted by Gasteiger charge is 2.21. The number of nitrogens with one attached hydrogen (secondary N) is 1. The summed E-state index contributed by atoms with van der Waals surface area (Å²) < 4.78 is 5.26. The molecule has 0 heterocycles. The summed E-state index contributed by atoms with van der Waals surface area (Å²) in [5.41, 5.74) is 2.00. The van der Waals surface area contributed by atoms with Crippen molar-refractivity contribution >= 4 is 23.5 Å². The van der Waals surface area contributed by atoms with Gasteiger partial charge in [0.1, 0.15) is 5.75 Å². The molecule has 0 saturated heterocycles. The molecule has 2 N–H and O–H groups in total. The van der Waals surface area contributed by atoms with Gasteiger partial charge in [-0.1, -0.05) is 29.8 Å². The van der Waals surface area contributed by atoms with Gasteiger partial charge in [0.25, 0.3) is 5.91 Å². The Morgan fingerprint density at radius 1 is 1.24 bits per heavy atom. The van der Waals surface area contributed by atoms with Crippen LogP contribution in [-0.4, -0.2) is 30.6 Å². The van der Waals surface area contributed by atoms with Crippen molar-refractivity contribution in [1.29, 1.82) is 0 Å². The molecule has 0 aliphatic heterocycles. The average Bonchev–Trinajstić information content (AvgIpc) is 2.58. The van der Waals surface area contributed by atoms with Crippen LogP contribution in [-0.2, 0) is 11.2 Å². The second-order valence-electron chi connectivity index (χ2n) is 5.72. The first kappa shape index (κ1) is 18.8. The number of carboxylic acid groups (broad SMARTS) is 1. The molecule has 0 spiro atoms. The van der Waals surface area contributed by atoms with E-state index in [1.54, 1.807) is 38.3 Å². The molecule has 0 radical (unpaired) electrons. The lowest BCUT2D eigenvalue weighted by Crippen LogP contribution is -2.34. The molecular formula is C19H20ClNO4. The van der Waals surface area contributed by atoms with Crippen LogP contribution >= 0.6 is 11.6 Å². The number of halogens is 1.